The van der Waals surface area contributed by atoms with Crippen molar-refractivity contribution in [3.8, 4) is 0 Å². The molecule has 1 aromatic rings. The molecule has 2 heterocycles. The Morgan fingerprint density at radius 1 is 1.10 bits per heavy atom. The van der Waals surface area contributed by atoms with Crippen molar-refractivity contribution >= 4 is 0 Å². The van der Waals surface area contributed by atoms with E-state index >= 15 is 0 Å². The highest BCUT2D eigenvalue weighted by Crippen LogP contribution is 2.15. The Morgan fingerprint density at radius 3 is 2.71 bits per heavy atom. The van der Waals surface area contributed by atoms with Crippen molar-refractivity contribution in [2.24, 2.45) is 5.92 Å². The fraction of sp³-hybridized carbons (Fsp3) is 0.667. The van der Waals surface area contributed by atoms with Gasteiger partial charge in [-0.25, -0.2) is 0 Å². The fourth-order valence-electron chi connectivity index (χ4n) is 3.42. The van der Waals surface area contributed by atoms with E-state index < -0.39 is 0 Å². The molecule has 0 spiro atoms. The van der Waals surface area contributed by atoms with Gasteiger partial charge in [-0.1, -0.05) is 30.3 Å². The van der Waals surface area contributed by atoms with Crippen LogP contribution in [-0.2, 0) is 11.2 Å². The van der Waals surface area contributed by atoms with Gasteiger partial charge in [-0.3, -0.25) is 0 Å². The average molecular weight is 288 g/mol. The zero-order valence-corrected chi connectivity index (χ0v) is 13.0. The number of nitrogens with one attached hydrogen (secondary N) is 1. The predicted octanol–water partition coefficient (Wildman–Crippen LogP) is 2.32. The first-order valence-corrected chi connectivity index (χ1v) is 8.47. The van der Waals surface area contributed by atoms with Crippen molar-refractivity contribution < 1.29 is 4.74 Å². The second-order valence-electron chi connectivity index (χ2n) is 6.49. The van der Waals surface area contributed by atoms with Crippen LogP contribution in [0.15, 0.2) is 30.3 Å². The molecule has 2 fully saturated rings. The van der Waals surface area contributed by atoms with E-state index in [1.807, 2.05) is 0 Å². The van der Waals surface area contributed by atoms with Crippen molar-refractivity contribution in [1.29, 1.82) is 0 Å². The summed E-state index contributed by atoms with van der Waals surface area (Å²) in [6, 6.07) is 11.5. The molecule has 1 N–H and O–H groups in total. The summed E-state index contributed by atoms with van der Waals surface area (Å²) in [6.07, 6.45) is 4.94. The quantitative estimate of drug-likeness (QED) is 0.869. The van der Waals surface area contributed by atoms with Crippen molar-refractivity contribution in [2.45, 2.75) is 31.7 Å². The molecule has 3 heteroatoms. The molecule has 0 bridgehead atoms. The average Bonchev–Trinajstić information content (AvgIpc) is 3.01. The fourth-order valence-corrected chi connectivity index (χ4v) is 3.42. The maximum Gasteiger partial charge on any atom is 0.0469 e. The molecule has 0 radical (unpaired) electrons. The second-order valence-corrected chi connectivity index (χ2v) is 6.49. The zero-order chi connectivity index (χ0) is 14.3. The number of benzene rings is 1. The molecule has 116 valence electrons. The SMILES string of the molecule is c1ccc(CCN2CCC(NCC3CCOCC3)C2)cc1. The Labute approximate surface area is 128 Å². The van der Waals surface area contributed by atoms with Crippen LogP contribution in [0, 0.1) is 5.92 Å². The Bertz CT molecular complexity index is 403. The normalized spacial score (nSPS) is 24.5. The van der Waals surface area contributed by atoms with Crippen LogP contribution in [0.1, 0.15) is 24.8 Å². The Balaban J connectivity index is 1.33. The van der Waals surface area contributed by atoms with Crippen LogP contribution >= 0.6 is 0 Å². The van der Waals surface area contributed by atoms with Gasteiger partial charge >= 0.3 is 0 Å². The van der Waals surface area contributed by atoms with Crippen LogP contribution in [0.25, 0.3) is 0 Å². The summed E-state index contributed by atoms with van der Waals surface area (Å²) in [7, 11) is 0. The molecule has 2 aliphatic rings. The summed E-state index contributed by atoms with van der Waals surface area (Å²) in [4.78, 5) is 2.61. The van der Waals surface area contributed by atoms with Gasteiger partial charge in [0.15, 0.2) is 0 Å². The smallest absolute Gasteiger partial charge is 0.0469 e. The van der Waals surface area contributed by atoms with E-state index in [1.165, 1.54) is 57.4 Å². The second kappa shape index (κ2) is 7.92. The first kappa shape index (κ1) is 15.0. The Kier molecular flexibility index (Phi) is 5.67. The molecule has 2 aliphatic heterocycles. The van der Waals surface area contributed by atoms with Gasteiger partial charge in [0.1, 0.15) is 0 Å². The largest absolute Gasteiger partial charge is 0.381 e. The van der Waals surface area contributed by atoms with E-state index in [-0.39, 0.29) is 0 Å². The Morgan fingerprint density at radius 2 is 1.90 bits per heavy atom. The minimum Gasteiger partial charge on any atom is -0.381 e. The summed E-state index contributed by atoms with van der Waals surface area (Å²) in [6.45, 7) is 6.76. The van der Waals surface area contributed by atoms with E-state index in [9.17, 15) is 0 Å². The van der Waals surface area contributed by atoms with Crippen molar-refractivity contribution in [2.75, 3.05) is 39.4 Å². The molecule has 2 saturated heterocycles. The number of hydrogen-bond acceptors (Lipinski definition) is 3. The number of rotatable bonds is 6. The molecule has 0 saturated carbocycles. The third-order valence-electron chi connectivity index (χ3n) is 4.87. The van der Waals surface area contributed by atoms with E-state index in [1.54, 1.807) is 0 Å². The third-order valence-corrected chi connectivity index (χ3v) is 4.87. The number of likely N-dealkylation sites (tertiary alicyclic amines) is 1. The van der Waals surface area contributed by atoms with Gasteiger partial charge < -0.3 is 15.0 Å². The van der Waals surface area contributed by atoms with Gasteiger partial charge in [-0.15, -0.1) is 0 Å². The minimum atomic E-state index is 0.698. The van der Waals surface area contributed by atoms with Gasteiger partial charge in [0, 0.05) is 32.3 Å². The van der Waals surface area contributed by atoms with Crippen LogP contribution in [0.3, 0.4) is 0 Å². The molecule has 1 unspecified atom stereocenters. The molecule has 0 aromatic heterocycles. The van der Waals surface area contributed by atoms with E-state index in [0.29, 0.717) is 6.04 Å². The molecule has 0 aliphatic carbocycles. The van der Waals surface area contributed by atoms with E-state index in [2.05, 4.69) is 40.5 Å². The highest BCUT2D eigenvalue weighted by Gasteiger charge is 2.23. The van der Waals surface area contributed by atoms with Gasteiger partial charge in [0.05, 0.1) is 0 Å². The lowest BCUT2D eigenvalue weighted by Gasteiger charge is -2.24. The topological polar surface area (TPSA) is 24.5 Å². The lowest BCUT2D eigenvalue weighted by Crippen LogP contribution is -2.37. The van der Waals surface area contributed by atoms with E-state index in [0.717, 1.165) is 19.1 Å². The minimum absolute atomic E-state index is 0.698. The van der Waals surface area contributed by atoms with Crippen molar-refractivity contribution in [3.05, 3.63) is 35.9 Å². The maximum atomic E-state index is 5.43. The molecule has 3 nitrogen and oxygen atoms in total. The van der Waals surface area contributed by atoms with Crippen LogP contribution in [0.2, 0.25) is 0 Å². The molecular formula is C18H28N2O. The Hall–Kier alpha value is -0.900. The van der Waals surface area contributed by atoms with Crippen LogP contribution in [0.4, 0.5) is 0 Å². The van der Waals surface area contributed by atoms with Crippen LogP contribution in [0.5, 0.6) is 0 Å². The summed E-state index contributed by atoms with van der Waals surface area (Å²) >= 11 is 0. The van der Waals surface area contributed by atoms with Crippen LogP contribution in [-0.4, -0.2) is 50.3 Å². The van der Waals surface area contributed by atoms with E-state index in [4.69, 9.17) is 4.74 Å². The highest BCUT2D eigenvalue weighted by molar-refractivity contribution is 5.14. The summed E-state index contributed by atoms with van der Waals surface area (Å²) in [5.41, 5.74) is 1.45. The lowest BCUT2D eigenvalue weighted by atomic mass is 10.00. The zero-order valence-electron chi connectivity index (χ0n) is 13.0. The monoisotopic (exact) mass is 288 g/mol. The standard InChI is InChI=1S/C18H28N2O/c1-2-4-16(5-3-1)6-10-20-11-7-18(15-20)19-14-17-8-12-21-13-9-17/h1-5,17-19H,6-15H2. The third kappa shape index (κ3) is 4.80. The first-order chi connectivity index (χ1) is 10.4. The molecular weight excluding hydrogens is 260 g/mol. The summed E-state index contributed by atoms with van der Waals surface area (Å²) < 4.78 is 5.43. The van der Waals surface area contributed by atoms with Gasteiger partial charge in [-0.05, 0) is 50.3 Å². The maximum absolute atomic E-state index is 5.43. The van der Waals surface area contributed by atoms with Gasteiger partial charge in [-0.2, -0.15) is 0 Å². The molecule has 1 atom stereocenters. The molecule has 0 amide bonds. The molecule has 3 rings (SSSR count). The first-order valence-electron chi connectivity index (χ1n) is 8.47. The predicted molar refractivity (Wildman–Crippen MR) is 86.5 cm³/mol. The highest BCUT2D eigenvalue weighted by atomic mass is 16.5. The number of hydrogen-bond donors (Lipinski definition) is 1. The van der Waals surface area contributed by atoms with Crippen LogP contribution < -0.4 is 5.32 Å². The molecule has 1 aromatic carbocycles. The van der Waals surface area contributed by atoms with Crippen molar-refractivity contribution in [1.82, 2.24) is 10.2 Å². The summed E-state index contributed by atoms with van der Waals surface area (Å²) in [5.74, 6) is 0.831. The lowest BCUT2D eigenvalue weighted by molar-refractivity contribution is 0.0655. The van der Waals surface area contributed by atoms with Gasteiger partial charge in [0.2, 0.25) is 0 Å². The number of nitrogens with zero attached hydrogens (tertiary/aromatic N) is 1. The molecule has 21 heavy (non-hydrogen) atoms. The number of ether oxygens (including phenoxy) is 1. The van der Waals surface area contributed by atoms with Crippen molar-refractivity contribution in [3.63, 3.8) is 0 Å². The van der Waals surface area contributed by atoms with Gasteiger partial charge in [0.25, 0.3) is 0 Å². The summed E-state index contributed by atoms with van der Waals surface area (Å²) in [5, 5.41) is 3.78.